The smallest absolute Gasteiger partial charge is 0.161 e. The van der Waals surface area contributed by atoms with Gasteiger partial charge in [-0.2, -0.15) is 0 Å². The van der Waals surface area contributed by atoms with Crippen molar-refractivity contribution in [1.29, 1.82) is 0 Å². The molecule has 0 unspecified atom stereocenters. The Morgan fingerprint density at radius 3 is 2.55 bits per heavy atom. The molecule has 0 aliphatic carbocycles. The number of halogens is 1. The zero-order valence-corrected chi connectivity index (χ0v) is 18.4. The minimum Gasteiger partial charge on any atom is -0.493 e. The summed E-state index contributed by atoms with van der Waals surface area (Å²) in [6.07, 6.45) is 0.327. The third-order valence-corrected chi connectivity index (χ3v) is 5.25. The van der Waals surface area contributed by atoms with E-state index in [1.54, 1.807) is 7.11 Å². The van der Waals surface area contributed by atoms with Crippen molar-refractivity contribution in [1.82, 2.24) is 10.2 Å². The molecular formula is C23H33ClN2O3. The van der Waals surface area contributed by atoms with Crippen LogP contribution in [-0.2, 0) is 13.0 Å². The summed E-state index contributed by atoms with van der Waals surface area (Å²) in [5, 5.41) is 14.5. The van der Waals surface area contributed by atoms with Crippen molar-refractivity contribution in [3.05, 3.63) is 58.6 Å². The molecule has 5 nitrogen and oxygen atoms in total. The predicted octanol–water partition coefficient (Wildman–Crippen LogP) is 3.76. The van der Waals surface area contributed by atoms with Crippen molar-refractivity contribution in [2.24, 2.45) is 0 Å². The Kier molecular flexibility index (Phi) is 10.3. The van der Waals surface area contributed by atoms with Crippen LogP contribution in [0.4, 0.5) is 0 Å². The molecule has 2 N–H and O–H groups in total. The standard InChI is InChI=1S/C23H33ClN2O3/c1-4-26(5-2)16-20(27)17-29-23-14-18(10-11-22(23)28-3)15-25-13-12-19-8-6-7-9-21(19)24/h6-11,14,20,25,27H,4-5,12-13,15-17H2,1-3H3/t20-/m0/s1. The molecule has 2 aromatic carbocycles. The van der Waals surface area contributed by atoms with E-state index in [0.29, 0.717) is 24.6 Å². The van der Waals surface area contributed by atoms with Gasteiger partial charge in [-0.3, -0.25) is 0 Å². The van der Waals surface area contributed by atoms with E-state index in [-0.39, 0.29) is 6.61 Å². The van der Waals surface area contributed by atoms with E-state index < -0.39 is 6.10 Å². The molecule has 1 atom stereocenters. The zero-order chi connectivity index (χ0) is 21.1. The molecule has 0 saturated carbocycles. The van der Waals surface area contributed by atoms with E-state index in [0.717, 1.165) is 42.2 Å². The number of ether oxygens (including phenoxy) is 2. The van der Waals surface area contributed by atoms with Crippen molar-refractivity contribution in [2.75, 3.05) is 39.9 Å². The first kappa shape index (κ1) is 23.5. The number of nitrogens with zero attached hydrogens (tertiary/aromatic N) is 1. The Bertz CT molecular complexity index is 738. The molecule has 0 aromatic heterocycles. The summed E-state index contributed by atoms with van der Waals surface area (Å²) in [7, 11) is 1.62. The van der Waals surface area contributed by atoms with Gasteiger partial charge in [0.1, 0.15) is 12.7 Å². The Balaban J connectivity index is 1.86. The lowest BCUT2D eigenvalue weighted by molar-refractivity contribution is 0.0705. The Morgan fingerprint density at radius 1 is 1.10 bits per heavy atom. The van der Waals surface area contributed by atoms with Crippen LogP contribution < -0.4 is 14.8 Å². The number of aliphatic hydroxyl groups is 1. The predicted molar refractivity (Wildman–Crippen MR) is 119 cm³/mol. The molecule has 0 saturated heterocycles. The van der Waals surface area contributed by atoms with Gasteiger partial charge in [-0.25, -0.2) is 0 Å². The van der Waals surface area contributed by atoms with Crippen LogP contribution >= 0.6 is 11.6 Å². The van der Waals surface area contributed by atoms with E-state index in [1.807, 2.05) is 42.5 Å². The molecule has 0 spiro atoms. The number of aliphatic hydroxyl groups excluding tert-OH is 1. The van der Waals surface area contributed by atoms with Crippen LogP contribution in [0.3, 0.4) is 0 Å². The van der Waals surface area contributed by atoms with Gasteiger partial charge in [0.15, 0.2) is 11.5 Å². The highest BCUT2D eigenvalue weighted by molar-refractivity contribution is 6.31. The Labute approximate surface area is 179 Å². The fourth-order valence-electron chi connectivity index (χ4n) is 3.12. The van der Waals surface area contributed by atoms with Gasteiger partial charge in [-0.15, -0.1) is 0 Å². The second-order valence-corrected chi connectivity index (χ2v) is 7.36. The number of benzene rings is 2. The van der Waals surface area contributed by atoms with E-state index in [9.17, 15) is 5.11 Å². The van der Waals surface area contributed by atoms with Gasteiger partial charge in [0.2, 0.25) is 0 Å². The fourth-order valence-corrected chi connectivity index (χ4v) is 3.35. The molecule has 0 fully saturated rings. The molecule has 2 rings (SSSR count). The average Bonchev–Trinajstić information content (AvgIpc) is 2.74. The van der Waals surface area contributed by atoms with Crippen LogP contribution in [0.25, 0.3) is 0 Å². The molecule has 160 valence electrons. The molecule has 2 aromatic rings. The third kappa shape index (κ3) is 7.86. The summed E-state index contributed by atoms with van der Waals surface area (Å²) >= 11 is 6.20. The van der Waals surface area contributed by atoms with E-state index in [2.05, 4.69) is 24.1 Å². The van der Waals surface area contributed by atoms with Gasteiger partial charge < -0.3 is 24.8 Å². The van der Waals surface area contributed by atoms with Crippen molar-refractivity contribution in [3.63, 3.8) is 0 Å². The lowest BCUT2D eigenvalue weighted by Gasteiger charge is -2.22. The highest BCUT2D eigenvalue weighted by Gasteiger charge is 2.12. The van der Waals surface area contributed by atoms with Crippen molar-refractivity contribution >= 4 is 11.6 Å². The van der Waals surface area contributed by atoms with Gasteiger partial charge in [0.05, 0.1) is 7.11 Å². The lowest BCUT2D eigenvalue weighted by Crippen LogP contribution is -2.35. The largest absolute Gasteiger partial charge is 0.493 e. The SMILES string of the molecule is CCN(CC)C[C@H](O)COc1cc(CNCCc2ccccc2Cl)ccc1OC. The second-order valence-electron chi connectivity index (χ2n) is 6.95. The van der Waals surface area contributed by atoms with Crippen LogP contribution in [-0.4, -0.2) is 56.0 Å². The number of hydrogen-bond donors (Lipinski definition) is 2. The molecule has 0 bridgehead atoms. The van der Waals surface area contributed by atoms with E-state index in [4.69, 9.17) is 21.1 Å². The molecular weight excluding hydrogens is 388 g/mol. The maximum absolute atomic E-state index is 10.2. The van der Waals surface area contributed by atoms with E-state index in [1.165, 1.54) is 0 Å². The normalized spacial score (nSPS) is 12.2. The number of rotatable bonds is 13. The first-order chi connectivity index (χ1) is 14.1. The minimum absolute atomic E-state index is 0.232. The van der Waals surface area contributed by atoms with Crippen LogP contribution in [0.2, 0.25) is 5.02 Å². The number of methoxy groups -OCH3 is 1. The summed E-state index contributed by atoms with van der Waals surface area (Å²) in [5.41, 5.74) is 2.24. The van der Waals surface area contributed by atoms with E-state index >= 15 is 0 Å². The zero-order valence-electron chi connectivity index (χ0n) is 17.7. The second kappa shape index (κ2) is 12.7. The average molecular weight is 421 g/mol. The molecule has 29 heavy (non-hydrogen) atoms. The van der Waals surface area contributed by atoms with Gasteiger partial charge in [0, 0.05) is 18.1 Å². The highest BCUT2D eigenvalue weighted by atomic mass is 35.5. The summed E-state index contributed by atoms with van der Waals surface area (Å²) in [6.45, 7) is 8.36. The van der Waals surface area contributed by atoms with Crippen LogP contribution in [0.5, 0.6) is 11.5 Å². The van der Waals surface area contributed by atoms with Crippen molar-refractivity contribution in [2.45, 2.75) is 32.9 Å². The summed E-state index contributed by atoms with van der Waals surface area (Å²) in [6, 6.07) is 13.8. The van der Waals surface area contributed by atoms with Gasteiger partial charge >= 0.3 is 0 Å². The number of hydrogen-bond acceptors (Lipinski definition) is 5. The van der Waals surface area contributed by atoms with Crippen LogP contribution in [0, 0.1) is 0 Å². The summed E-state index contributed by atoms with van der Waals surface area (Å²) in [5.74, 6) is 1.32. The molecule has 0 aliphatic heterocycles. The van der Waals surface area contributed by atoms with Crippen LogP contribution in [0.15, 0.2) is 42.5 Å². The van der Waals surface area contributed by atoms with Crippen LogP contribution in [0.1, 0.15) is 25.0 Å². The monoisotopic (exact) mass is 420 g/mol. The number of likely N-dealkylation sites (N-methyl/N-ethyl adjacent to an activating group) is 1. The Morgan fingerprint density at radius 2 is 1.86 bits per heavy atom. The van der Waals surface area contributed by atoms with Crippen molar-refractivity contribution in [3.8, 4) is 11.5 Å². The number of nitrogens with one attached hydrogen (secondary N) is 1. The maximum Gasteiger partial charge on any atom is 0.161 e. The van der Waals surface area contributed by atoms with Gasteiger partial charge in [-0.1, -0.05) is 49.7 Å². The first-order valence-corrected chi connectivity index (χ1v) is 10.6. The third-order valence-electron chi connectivity index (χ3n) is 4.88. The van der Waals surface area contributed by atoms with Gasteiger partial charge in [0.25, 0.3) is 0 Å². The quantitative estimate of drug-likeness (QED) is 0.483. The topological polar surface area (TPSA) is 54.0 Å². The fraction of sp³-hybridized carbons (Fsp3) is 0.478. The molecule has 0 radical (unpaired) electrons. The highest BCUT2D eigenvalue weighted by Crippen LogP contribution is 2.28. The molecule has 0 amide bonds. The molecule has 0 heterocycles. The van der Waals surface area contributed by atoms with Gasteiger partial charge in [-0.05, 0) is 55.4 Å². The summed E-state index contributed by atoms with van der Waals surface area (Å²) < 4.78 is 11.3. The van der Waals surface area contributed by atoms with Crippen molar-refractivity contribution < 1.29 is 14.6 Å². The maximum atomic E-state index is 10.2. The Hall–Kier alpha value is -1.79. The summed E-state index contributed by atoms with van der Waals surface area (Å²) in [4.78, 5) is 2.17. The first-order valence-electron chi connectivity index (χ1n) is 10.2. The minimum atomic E-state index is -0.544. The lowest BCUT2D eigenvalue weighted by atomic mass is 10.1. The molecule has 0 aliphatic rings. The molecule has 6 heteroatoms.